The molecule has 16 heteroatoms. The summed E-state index contributed by atoms with van der Waals surface area (Å²) in [5.41, 5.74) is 18.9. The van der Waals surface area contributed by atoms with Crippen molar-refractivity contribution in [1.29, 1.82) is 0 Å². The number of fused-ring (bicyclic) bond motifs is 1. The van der Waals surface area contributed by atoms with Crippen LogP contribution >= 0.6 is 0 Å². The van der Waals surface area contributed by atoms with Gasteiger partial charge in [0.2, 0.25) is 0 Å². The Labute approximate surface area is 232 Å². The SMILES string of the molecule is CNC1C(O[C@H]2OC(CO)[C@@H](NC3CNC3)CC2O)O[C@H]2CC(N)[C@@H](O[C@@H]3C(N)CC(N)=CC3N=O)OC2C1O. The number of nitroso groups, excluding NO2 is 1. The summed E-state index contributed by atoms with van der Waals surface area (Å²) in [5.74, 6) is 0. The Morgan fingerprint density at radius 3 is 2.52 bits per heavy atom. The van der Waals surface area contributed by atoms with Crippen molar-refractivity contribution >= 4 is 0 Å². The lowest BCUT2D eigenvalue weighted by atomic mass is 9.89. The lowest BCUT2D eigenvalue weighted by Gasteiger charge is -2.51. The Morgan fingerprint density at radius 1 is 1.10 bits per heavy atom. The van der Waals surface area contributed by atoms with Crippen LogP contribution in [0.25, 0.3) is 0 Å². The number of nitrogens with one attached hydrogen (secondary N) is 3. The van der Waals surface area contributed by atoms with Crippen molar-refractivity contribution in [2.45, 2.75) is 111 Å². The van der Waals surface area contributed by atoms with Gasteiger partial charge in [0, 0.05) is 43.3 Å². The van der Waals surface area contributed by atoms with Crippen molar-refractivity contribution in [3.8, 4) is 0 Å². The van der Waals surface area contributed by atoms with Crippen LogP contribution in [0.15, 0.2) is 16.9 Å². The van der Waals surface area contributed by atoms with Crippen LogP contribution in [0.1, 0.15) is 19.3 Å². The second-order valence-corrected chi connectivity index (χ2v) is 11.3. The smallest absolute Gasteiger partial charge is 0.187 e. The van der Waals surface area contributed by atoms with E-state index in [1.165, 1.54) is 6.08 Å². The Bertz CT molecular complexity index is 899. The summed E-state index contributed by atoms with van der Waals surface area (Å²) in [6, 6.07) is -2.90. The highest BCUT2D eigenvalue weighted by Crippen LogP contribution is 2.35. The molecule has 4 heterocycles. The van der Waals surface area contributed by atoms with Crippen molar-refractivity contribution in [2.24, 2.45) is 22.4 Å². The molecule has 5 aliphatic rings. The molecule has 1 aliphatic carbocycles. The highest BCUT2D eigenvalue weighted by molar-refractivity contribution is 5.15. The van der Waals surface area contributed by atoms with Gasteiger partial charge in [0.25, 0.3) is 0 Å². The van der Waals surface area contributed by atoms with Crippen molar-refractivity contribution in [3.05, 3.63) is 16.7 Å². The molecule has 16 nitrogen and oxygen atoms in total. The zero-order chi connectivity index (χ0) is 28.6. The topological polar surface area (TPSA) is 250 Å². The van der Waals surface area contributed by atoms with Crippen LogP contribution in [-0.4, -0.2) is 134 Å². The third kappa shape index (κ3) is 6.19. The van der Waals surface area contributed by atoms with Crippen LogP contribution in [0.3, 0.4) is 0 Å². The van der Waals surface area contributed by atoms with Gasteiger partial charge in [0.15, 0.2) is 18.9 Å². The average Bonchev–Trinajstić information content (AvgIpc) is 2.89. The molecule has 0 saturated carbocycles. The van der Waals surface area contributed by atoms with E-state index < -0.39 is 79.7 Å². The van der Waals surface area contributed by atoms with E-state index in [9.17, 15) is 20.2 Å². The standard InChI is InChI=1S/C24H43N7O9/c1-28-18-19(34)21-16(4-12(27)22(39-21)38-20-11(26)2-9(25)3-14(20)31-35)36-24(18)40-23-15(33)5-13(17(8-32)37-23)30-10-6-29-7-10/h3,10-24,28-30,32-34H,2,4-8,25-27H2,1H3/t11?,12?,13-,14?,15?,16-,17?,18?,19?,20+,21?,22-,23+,24?/m0/s1. The van der Waals surface area contributed by atoms with E-state index in [0.29, 0.717) is 18.5 Å². The number of aliphatic hydroxyl groups is 3. The van der Waals surface area contributed by atoms with Crippen molar-refractivity contribution < 1.29 is 39.0 Å². The minimum atomic E-state index is -1.11. The quantitative estimate of drug-likeness (QED) is 0.118. The molecular weight excluding hydrogens is 530 g/mol. The van der Waals surface area contributed by atoms with Crippen LogP contribution < -0.4 is 33.2 Å². The van der Waals surface area contributed by atoms with E-state index in [-0.39, 0.29) is 25.1 Å². The van der Waals surface area contributed by atoms with Gasteiger partial charge in [-0.25, -0.2) is 0 Å². The van der Waals surface area contributed by atoms with Gasteiger partial charge in [0.05, 0.1) is 30.9 Å². The van der Waals surface area contributed by atoms with E-state index in [1.54, 1.807) is 7.05 Å². The molecule has 0 aromatic rings. The second-order valence-electron chi connectivity index (χ2n) is 11.3. The maximum absolute atomic E-state index is 11.4. The molecule has 228 valence electrons. The molecule has 0 spiro atoms. The van der Waals surface area contributed by atoms with Crippen molar-refractivity contribution in [1.82, 2.24) is 16.0 Å². The summed E-state index contributed by atoms with van der Waals surface area (Å²) in [4.78, 5) is 11.4. The summed E-state index contributed by atoms with van der Waals surface area (Å²) in [5, 5.41) is 44.7. The molecule has 14 atom stereocenters. The fourth-order valence-corrected chi connectivity index (χ4v) is 6.11. The number of hydrogen-bond acceptors (Lipinski definition) is 16. The van der Waals surface area contributed by atoms with Gasteiger partial charge in [-0.3, -0.25) is 0 Å². The number of hydrogen-bond donors (Lipinski definition) is 9. The zero-order valence-electron chi connectivity index (χ0n) is 22.5. The fraction of sp³-hybridized carbons (Fsp3) is 0.917. The van der Waals surface area contributed by atoms with Gasteiger partial charge >= 0.3 is 0 Å². The van der Waals surface area contributed by atoms with Gasteiger partial charge in [0.1, 0.15) is 30.5 Å². The van der Waals surface area contributed by atoms with Gasteiger partial charge in [-0.2, -0.15) is 4.91 Å². The third-order valence-corrected chi connectivity index (χ3v) is 8.43. The van der Waals surface area contributed by atoms with Crippen LogP contribution in [0.5, 0.6) is 0 Å². The summed E-state index contributed by atoms with van der Waals surface area (Å²) < 4.78 is 30.3. The molecule has 0 aromatic carbocycles. The van der Waals surface area contributed by atoms with Gasteiger partial charge in [-0.15, -0.1) is 0 Å². The highest BCUT2D eigenvalue weighted by atomic mass is 16.8. The largest absolute Gasteiger partial charge is 0.402 e. The van der Waals surface area contributed by atoms with Crippen molar-refractivity contribution in [2.75, 3.05) is 26.7 Å². The predicted molar refractivity (Wildman–Crippen MR) is 139 cm³/mol. The number of likely N-dealkylation sites (N-methyl/N-ethyl adjacent to an activating group) is 1. The Morgan fingerprint density at radius 2 is 1.88 bits per heavy atom. The Kier molecular flexibility index (Phi) is 9.68. The first-order valence-electron chi connectivity index (χ1n) is 13.9. The summed E-state index contributed by atoms with van der Waals surface area (Å²) in [6.07, 6.45) is -5.66. The van der Waals surface area contributed by atoms with Crippen LogP contribution in [0.2, 0.25) is 0 Å². The van der Waals surface area contributed by atoms with Gasteiger partial charge < -0.3 is 72.2 Å². The monoisotopic (exact) mass is 573 g/mol. The number of ether oxygens (including phenoxy) is 5. The molecule has 4 saturated heterocycles. The van der Waals surface area contributed by atoms with Crippen molar-refractivity contribution in [3.63, 3.8) is 0 Å². The second kappa shape index (κ2) is 12.9. The minimum absolute atomic E-state index is 0.241. The molecule has 0 amide bonds. The Hall–Kier alpha value is -1.38. The molecule has 12 N–H and O–H groups in total. The van der Waals surface area contributed by atoms with E-state index in [0.717, 1.165) is 13.1 Å². The molecule has 9 unspecified atom stereocenters. The summed E-state index contributed by atoms with van der Waals surface area (Å²) in [7, 11) is 1.63. The molecule has 0 aromatic heterocycles. The number of aliphatic hydroxyl groups excluding tert-OH is 3. The molecule has 5 rings (SSSR count). The molecule has 0 bridgehead atoms. The predicted octanol–water partition coefficient (Wildman–Crippen LogP) is -4.39. The molecule has 0 radical (unpaired) electrons. The van der Waals surface area contributed by atoms with E-state index in [2.05, 4.69) is 21.1 Å². The first-order chi connectivity index (χ1) is 19.2. The molecule has 40 heavy (non-hydrogen) atoms. The normalized spacial score (nSPS) is 48.1. The van der Waals surface area contributed by atoms with Crippen LogP contribution in [-0.2, 0) is 23.7 Å². The van der Waals surface area contributed by atoms with E-state index in [1.807, 2.05) is 0 Å². The lowest BCUT2D eigenvalue weighted by molar-refractivity contribution is -0.366. The molecule has 4 aliphatic heterocycles. The first-order valence-corrected chi connectivity index (χ1v) is 13.9. The minimum Gasteiger partial charge on any atom is -0.402 e. The number of rotatable bonds is 9. The summed E-state index contributed by atoms with van der Waals surface area (Å²) in [6.45, 7) is 1.37. The number of nitrogens with two attached hydrogens (primary N) is 3. The van der Waals surface area contributed by atoms with Crippen LogP contribution in [0, 0.1) is 4.91 Å². The van der Waals surface area contributed by atoms with Crippen LogP contribution in [0.4, 0.5) is 0 Å². The Balaban J connectivity index is 1.22. The lowest BCUT2D eigenvalue weighted by Crippen LogP contribution is -2.69. The summed E-state index contributed by atoms with van der Waals surface area (Å²) >= 11 is 0. The van der Waals surface area contributed by atoms with E-state index in [4.69, 9.17) is 40.9 Å². The fourth-order valence-electron chi connectivity index (χ4n) is 6.11. The highest BCUT2D eigenvalue weighted by Gasteiger charge is 2.53. The van der Waals surface area contributed by atoms with E-state index >= 15 is 0 Å². The molecular formula is C24H43N7O9. The van der Waals surface area contributed by atoms with Gasteiger partial charge in [-0.1, -0.05) is 5.18 Å². The van der Waals surface area contributed by atoms with Gasteiger partial charge in [-0.05, 0) is 26.0 Å². The maximum atomic E-state index is 11.4. The third-order valence-electron chi connectivity index (χ3n) is 8.43. The maximum Gasteiger partial charge on any atom is 0.187 e. The molecule has 4 fully saturated rings. The number of nitrogens with zero attached hydrogens (tertiary/aromatic N) is 1. The zero-order valence-corrected chi connectivity index (χ0v) is 22.5. The average molecular weight is 574 g/mol. The first kappa shape index (κ1) is 30.1.